The lowest BCUT2D eigenvalue weighted by Crippen LogP contribution is -2.45. The Bertz CT molecular complexity index is 281. The van der Waals surface area contributed by atoms with Crippen molar-refractivity contribution < 1.29 is 14.7 Å². The van der Waals surface area contributed by atoms with Crippen LogP contribution in [0.1, 0.15) is 32.6 Å². The molecule has 0 aromatic carbocycles. The number of carbonyl (C=O) groups excluding carboxylic acids is 1. The molecule has 0 heterocycles. The Kier molecular flexibility index (Phi) is 5.41. The number of amides is 1. The predicted molar refractivity (Wildman–Crippen MR) is 64.7 cm³/mol. The third kappa shape index (κ3) is 5.17. The highest BCUT2D eigenvalue weighted by Crippen LogP contribution is 2.23. The number of nitrogens with zero attached hydrogens (tertiary/aromatic N) is 1. The van der Waals surface area contributed by atoms with Crippen LogP contribution in [-0.4, -0.2) is 48.1 Å². The minimum atomic E-state index is -0.911. The normalized spacial score (nSPS) is 24.6. The first-order valence-corrected chi connectivity index (χ1v) is 6.18. The summed E-state index contributed by atoms with van der Waals surface area (Å²) in [5.41, 5.74) is 0. The molecule has 17 heavy (non-hydrogen) atoms. The van der Waals surface area contributed by atoms with Crippen molar-refractivity contribution in [1.82, 2.24) is 10.2 Å². The van der Waals surface area contributed by atoms with Gasteiger partial charge < -0.3 is 10.4 Å². The fourth-order valence-electron chi connectivity index (χ4n) is 2.32. The minimum absolute atomic E-state index is 0.0764. The van der Waals surface area contributed by atoms with E-state index in [1.165, 1.54) is 17.7 Å². The molecule has 98 valence electrons. The maximum Gasteiger partial charge on any atom is 0.317 e. The molecule has 1 amide bonds. The number of likely N-dealkylation sites (N-methyl/N-ethyl adjacent to an activating group) is 1. The summed E-state index contributed by atoms with van der Waals surface area (Å²) in [6.45, 7) is 2.20. The van der Waals surface area contributed by atoms with Gasteiger partial charge in [-0.15, -0.1) is 0 Å². The molecular weight excluding hydrogens is 220 g/mol. The van der Waals surface area contributed by atoms with Crippen molar-refractivity contribution in [1.29, 1.82) is 0 Å². The van der Waals surface area contributed by atoms with Gasteiger partial charge in [-0.25, -0.2) is 0 Å². The molecule has 1 aliphatic carbocycles. The SMILES string of the molecule is C[C@@H]1CCCC[C@H]1NC(=O)CN(C)CC(=O)O. The van der Waals surface area contributed by atoms with Crippen molar-refractivity contribution in [3.63, 3.8) is 0 Å². The zero-order valence-electron chi connectivity index (χ0n) is 10.6. The summed E-state index contributed by atoms with van der Waals surface area (Å²) in [5, 5.41) is 11.6. The summed E-state index contributed by atoms with van der Waals surface area (Å²) in [5.74, 6) is -0.462. The van der Waals surface area contributed by atoms with E-state index in [0.29, 0.717) is 5.92 Å². The Morgan fingerprint density at radius 3 is 2.53 bits per heavy atom. The molecule has 1 rings (SSSR count). The van der Waals surface area contributed by atoms with Crippen molar-refractivity contribution in [2.24, 2.45) is 5.92 Å². The number of carboxylic acids is 1. The van der Waals surface area contributed by atoms with E-state index in [9.17, 15) is 9.59 Å². The molecule has 0 aromatic rings. The number of nitrogens with one attached hydrogen (secondary N) is 1. The minimum Gasteiger partial charge on any atom is -0.480 e. The molecule has 0 spiro atoms. The van der Waals surface area contributed by atoms with Crippen LogP contribution < -0.4 is 5.32 Å². The Labute approximate surface area is 102 Å². The average Bonchev–Trinajstić information content (AvgIpc) is 2.19. The Hall–Kier alpha value is -1.10. The molecule has 0 saturated heterocycles. The Morgan fingerprint density at radius 1 is 1.29 bits per heavy atom. The van der Waals surface area contributed by atoms with Crippen molar-refractivity contribution in [3.05, 3.63) is 0 Å². The van der Waals surface area contributed by atoms with Crippen molar-refractivity contribution in [2.45, 2.75) is 38.6 Å². The summed E-state index contributed by atoms with van der Waals surface area (Å²) in [6, 6.07) is 0.259. The molecule has 1 fully saturated rings. The van der Waals surface area contributed by atoms with Gasteiger partial charge in [0.15, 0.2) is 0 Å². The highest BCUT2D eigenvalue weighted by atomic mass is 16.4. The molecule has 0 bridgehead atoms. The van der Waals surface area contributed by atoms with Crippen LogP contribution in [0.25, 0.3) is 0 Å². The van der Waals surface area contributed by atoms with Crippen LogP contribution in [0.15, 0.2) is 0 Å². The first-order valence-electron chi connectivity index (χ1n) is 6.18. The fourth-order valence-corrected chi connectivity index (χ4v) is 2.32. The van der Waals surface area contributed by atoms with E-state index < -0.39 is 5.97 Å². The second kappa shape index (κ2) is 6.59. The van der Waals surface area contributed by atoms with Gasteiger partial charge in [0.1, 0.15) is 0 Å². The second-order valence-corrected chi connectivity index (χ2v) is 5.00. The third-order valence-electron chi connectivity index (χ3n) is 3.28. The van der Waals surface area contributed by atoms with Crippen LogP contribution >= 0.6 is 0 Å². The quantitative estimate of drug-likeness (QED) is 0.744. The topological polar surface area (TPSA) is 69.6 Å². The summed E-state index contributed by atoms with van der Waals surface area (Å²) >= 11 is 0. The average molecular weight is 242 g/mol. The standard InChI is InChI=1S/C12H22N2O3/c1-9-5-3-4-6-10(9)13-11(15)7-14(2)8-12(16)17/h9-10H,3-8H2,1-2H3,(H,13,15)(H,16,17)/t9-,10-/m1/s1. The van der Waals surface area contributed by atoms with E-state index >= 15 is 0 Å². The molecule has 5 nitrogen and oxygen atoms in total. The van der Waals surface area contributed by atoms with E-state index in [2.05, 4.69) is 12.2 Å². The fraction of sp³-hybridized carbons (Fsp3) is 0.833. The Balaban J connectivity index is 2.30. The Morgan fingerprint density at radius 2 is 1.94 bits per heavy atom. The van der Waals surface area contributed by atoms with Crippen molar-refractivity contribution in [2.75, 3.05) is 20.1 Å². The zero-order chi connectivity index (χ0) is 12.8. The molecule has 2 atom stereocenters. The molecule has 0 radical (unpaired) electrons. The van der Waals surface area contributed by atoms with Crippen molar-refractivity contribution >= 4 is 11.9 Å². The molecule has 0 aromatic heterocycles. The van der Waals surface area contributed by atoms with Gasteiger partial charge in [0.25, 0.3) is 0 Å². The predicted octanol–water partition coefficient (Wildman–Crippen LogP) is 0.698. The molecule has 2 N–H and O–H groups in total. The van der Waals surface area contributed by atoms with Gasteiger partial charge in [0, 0.05) is 6.04 Å². The molecule has 1 saturated carbocycles. The van der Waals surface area contributed by atoms with E-state index in [-0.39, 0.29) is 25.0 Å². The number of rotatable bonds is 5. The van der Waals surface area contributed by atoms with Crippen molar-refractivity contribution in [3.8, 4) is 0 Å². The molecular formula is C12H22N2O3. The van der Waals surface area contributed by atoms with Gasteiger partial charge >= 0.3 is 5.97 Å². The van der Waals surface area contributed by atoms with E-state index in [4.69, 9.17) is 5.11 Å². The smallest absolute Gasteiger partial charge is 0.317 e. The lowest BCUT2D eigenvalue weighted by Gasteiger charge is -2.30. The lowest BCUT2D eigenvalue weighted by molar-refractivity contribution is -0.138. The first kappa shape index (κ1) is 14.0. The maximum atomic E-state index is 11.7. The zero-order valence-corrected chi connectivity index (χ0v) is 10.6. The third-order valence-corrected chi connectivity index (χ3v) is 3.28. The van der Waals surface area contributed by atoms with Crippen LogP contribution in [0.4, 0.5) is 0 Å². The maximum absolute atomic E-state index is 11.7. The summed E-state index contributed by atoms with van der Waals surface area (Å²) in [6.07, 6.45) is 4.61. The number of hydrogen-bond donors (Lipinski definition) is 2. The highest BCUT2D eigenvalue weighted by molar-refractivity contribution is 5.79. The highest BCUT2D eigenvalue weighted by Gasteiger charge is 2.23. The summed E-state index contributed by atoms with van der Waals surface area (Å²) in [4.78, 5) is 23.7. The number of carbonyl (C=O) groups is 2. The van der Waals surface area contributed by atoms with E-state index in [1.54, 1.807) is 7.05 Å². The van der Waals surface area contributed by atoms with Gasteiger partial charge in [0.2, 0.25) is 5.91 Å². The van der Waals surface area contributed by atoms with E-state index in [0.717, 1.165) is 12.8 Å². The van der Waals surface area contributed by atoms with Crippen LogP contribution in [0.3, 0.4) is 0 Å². The molecule has 1 aliphatic rings. The lowest BCUT2D eigenvalue weighted by atomic mass is 9.86. The van der Waals surface area contributed by atoms with Crippen LogP contribution in [0, 0.1) is 5.92 Å². The van der Waals surface area contributed by atoms with Gasteiger partial charge in [-0.2, -0.15) is 0 Å². The summed E-state index contributed by atoms with van der Waals surface area (Å²) < 4.78 is 0. The van der Waals surface area contributed by atoms with Crippen LogP contribution in [0.5, 0.6) is 0 Å². The summed E-state index contributed by atoms with van der Waals surface area (Å²) in [7, 11) is 1.64. The second-order valence-electron chi connectivity index (χ2n) is 5.00. The van der Waals surface area contributed by atoms with E-state index in [1.807, 2.05) is 0 Å². The first-order chi connectivity index (χ1) is 7.99. The van der Waals surface area contributed by atoms with Gasteiger partial charge in [-0.3, -0.25) is 14.5 Å². The molecule has 0 unspecified atom stereocenters. The van der Waals surface area contributed by atoms with Gasteiger partial charge in [-0.1, -0.05) is 19.8 Å². The van der Waals surface area contributed by atoms with Gasteiger partial charge in [0.05, 0.1) is 13.1 Å². The van der Waals surface area contributed by atoms with Crippen LogP contribution in [0.2, 0.25) is 0 Å². The molecule has 5 heteroatoms. The largest absolute Gasteiger partial charge is 0.480 e. The number of carboxylic acid groups (broad SMARTS) is 1. The van der Waals surface area contributed by atoms with Crippen LogP contribution in [-0.2, 0) is 9.59 Å². The number of aliphatic carboxylic acids is 1. The monoisotopic (exact) mass is 242 g/mol. The van der Waals surface area contributed by atoms with Gasteiger partial charge in [-0.05, 0) is 25.8 Å². The number of hydrogen-bond acceptors (Lipinski definition) is 3. The molecule has 0 aliphatic heterocycles.